The highest BCUT2D eigenvalue weighted by Crippen LogP contribution is 2.46. The van der Waals surface area contributed by atoms with E-state index in [-0.39, 0.29) is 29.4 Å². The average Bonchev–Trinajstić information content (AvgIpc) is 3.05. The summed E-state index contributed by atoms with van der Waals surface area (Å²) in [6, 6.07) is 25.9. The van der Waals surface area contributed by atoms with Crippen LogP contribution >= 0.6 is 0 Å². The van der Waals surface area contributed by atoms with Crippen molar-refractivity contribution in [3.8, 4) is 0 Å². The number of rotatable bonds is 4. The zero-order chi connectivity index (χ0) is 23.7. The number of pyridine rings is 1. The third-order valence-electron chi connectivity index (χ3n) is 7.01. The number of halogens is 1. The molecule has 0 saturated carbocycles. The second-order valence-corrected chi connectivity index (χ2v) is 9.39. The van der Waals surface area contributed by atoms with Gasteiger partial charge in [-0.25, -0.2) is 0 Å². The molecule has 35 heavy (non-hydrogen) atoms. The molecule has 3 aromatic carbocycles. The Hall–Kier alpha value is -3.18. The van der Waals surface area contributed by atoms with E-state index >= 15 is 0 Å². The van der Waals surface area contributed by atoms with Gasteiger partial charge in [0.05, 0.1) is 10.8 Å². The molecule has 4 aromatic rings. The van der Waals surface area contributed by atoms with Crippen molar-refractivity contribution in [1.29, 1.82) is 0 Å². The van der Waals surface area contributed by atoms with Gasteiger partial charge < -0.3 is 28.9 Å². The molecule has 1 aliphatic rings. The first kappa shape index (κ1) is 24.9. The molecular weight excluding hydrogens is 539 g/mol. The fourth-order valence-corrected chi connectivity index (χ4v) is 5.23. The van der Waals surface area contributed by atoms with Gasteiger partial charge in [-0.05, 0) is 29.8 Å². The number of hydrogen-bond donors (Lipinski definition) is 0. The lowest BCUT2D eigenvalue weighted by atomic mass is 9.84. The molecule has 0 spiro atoms. The third-order valence-corrected chi connectivity index (χ3v) is 7.01. The number of aryl methyl sites for hydroxylation is 1. The molecule has 2 nitrogen and oxygen atoms in total. The Labute approximate surface area is 225 Å². The summed E-state index contributed by atoms with van der Waals surface area (Å²) < 4.78 is 2.27. The van der Waals surface area contributed by atoms with Crippen LogP contribution in [-0.4, -0.2) is 7.05 Å². The van der Waals surface area contributed by atoms with Crippen LogP contribution in [0.2, 0.25) is 0 Å². The van der Waals surface area contributed by atoms with Crippen LogP contribution in [0, 0.1) is 0 Å². The lowest BCUT2D eigenvalue weighted by Gasteiger charge is -2.23. The summed E-state index contributed by atoms with van der Waals surface area (Å²) in [6.45, 7) is 4.59. The van der Waals surface area contributed by atoms with Gasteiger partial charge in [-0.15, -0.1) is 0 Å². The van der Waals surface area contributed by atoms with E-state index in [4.69, 9.17) is 0 Å². The van der Waals surface area contributed by atoms with Crippen molar-refractivity contribution >= 4 is 33.6 Å². The van der Waals surface area contributed by atoms with Gasteiger partial charge in [0.15, 0.2) is 0 Å². The zero-order valence-electron chi connectivity index (χ0n) is 20.7. The van der Waals surface area contributed by atoms with Gasteiger partial charge in [0.1, 0.15) is 7.05 Å². The first-order valence-electron chi connectivity index (χ1n) is 11.8. The fourth-order valence-electron chi connectivity index (χ4n) is 5.23. The molecule has 0 aliphatic carbocycles. The van der Waals surface area contributed by atoms with E-state index in [1.807, 2.05) is 0 Å². The number of anilines is 1. The molecule has 0 bridgehead atoms. The Balaban J connectivity index is 0.00000289. The van der Waals surface area contributed by atoms with E-state index in [1.54, 1.807) is 0 Å². The van der Waals surface area contributed by atoms with E-state index in [9.17, 15) is 0 Å². The van der Waals surface area contributed by atoms with Crippen molar-refractivity contribution in [2.24, 2.45) is 7.05 Å². The molecule has 0 fully saturated rings. The number of benzene rings is 3. The standard InChI is InChI=1S/C32H31N2.HI/c1-32(2)27-19-12-15-22-30(27)34(4)31(32)23-9-7-5-6-8-16-24-25-17-10-13-20-28(25)33(3)29-21-14-11-18-26(24)29;/h5-23H,1-4H3;1H/q+1;/p-1. The zero-order valence-corrected chi connectivity index (χ0v) is 22.9. The highest BCUT2D eigenvalue weighted by atomic mass is 127. The molecule has 0 N–H and O–H groups in total. The van der Waals surface area contributed by atoms with E-state index in [1.165, 1.54) is 44.3 Å². The summed E-state index contributed by atoms with van der Waals surface area (Å²) in [6.07, 6.45) is 15.0. The molecule has 0 amide bonds. The Bertz CT molecular complexity index is 1450. The van der Waals surface area contributed by atoms with Crippen molar-refractivity contribution < 1.29 is 28.5 Å². The van der Waals surface area contributed by atoms with Gasteiger partial charge in [-0.1, -0.05) is 92.8 Å². The molecule has 0 unspecified atom stereocenters. The minimum absolute atomic E-state index is 0. The normalized spacial score (nSPS) is 16.2. The Kier molecular flexibility index (Phi) is 7.27. The summed E-state index contributed by atoms with van der Waals surface area (Å²) in [5.74, 6) is 0. The van der Waals surface area contributed by atoms with Gasteiger partial charge in [0.25, 0.3) is 0 Å². The van der Waals surface area contributed by atoms with E-state index in [2.05, 4.69) is 153 Å². The topological polar surface area (TPSA) is 7.12 Å². The van der Waals surface area contributed by atoms with Crippen LogP contribution in [0.5, 0.6) is 0 Å². The summed E-state index contributed by atoms with van der Waals surface area (Å²) in [7, 11) is 4.29. The smallest absolute Gasteiger partial charge is 0.213 e. The van der Waals surface area contributed by atoms with Crippen LogP contribution in [0.15, 0.2) is 115 Å². The maximum atomic E-state index is 2.30. The minimum Gasteiger partial charge on any atom is -1.00 e. The fraction of sp³-hybridized carbons (Fsp3) is 0.156. The molecule has 1 aliphatic heterocycles. The molecule has 1 aromatic heterocycles. The lowest BCUT2D eigenvalue weighted by Crippen LogP contribution is -3.00. The number of para-hydroxylation sites is 3. The predicted octanol–water partition coefficient (Wildman–Crippen LogP) is 4.26. The quantitative estimate of drug-likeness (QED) is 0.154. The van der Waals surface area contributed by atoms with Crippen molar-refractivity contribution in [3.63, 3.8) is 0 Å². The van der Waals surface area contributed by atoms with Crippen LogP contribution in [0.4, 0.5) is 5.69 Å². The van der Waals surface area contributed by atoms with Gasteiger partial charge in [-0.3, -0.25) is 0 Å². The van der Waals surface area contributed by atoms with Crippen molar-refractivity contribution in [1.82, 2.24) is 0 Å². The number of fused-ring (bicyclic) bond motifs is 3. The van der Waals surface area contributed by atoms with E-state index in [0.717, 1.165) is 0 Å². The first-order chi connectivity index (χ1) is 16.5. The maximum absolute atomic E-state index is 2.30. The van der Waals surface area contributed by atoms with Gasteiger partial charge in [0.2, 0.25) is 11.0 Å². The number of hydrogen-bond acceptors (Lipinski definition) is 1. The Morgan fingerprint density at radius 3 is 1.91 bits per heavy atom. The van der Waals surface area contributed by atoms with Crippen LogP contribution in [0.3, 0.4) is 0 Å². The number of allylic oxidation sites excluding steroid dienone is 7. The number of likely N-dealkylation sites (N-methyl/N-ethyl adjacent to an activating group) is 1. The van der Waals surface area contributed by atoms with Gasteiger partial charge in [-0.2, -0.15) is 4.57 Å². The summed E-state index contributed by atoms with van der Waals surface area (Å²) >= 11 is 0. The van der Waals surface area contributed by atoms with Crippen molar-refractivity contribution in [2.75, 3.05) is 11.9 Å². The summed E-state index contributed by atoms with van der Waals surface area (Å²) in [5.41, 5.74) is 7.72. The van der Waals surface area contributed by atoms with Crippen LogP contribution in [0.1, 0.15) is 25.0 Å². The molecule has 3 heteroatoms. The average molecular weight is 571 g/mol. The second-order valence-electron chi connectivity index (χ2n) is 9.39. The first-order valence-corrected chi connectivity index (χ1v) is 11.8. The molecule has 0 saturated heterocycles. The molecule has 0 radical (unpaired) electrons. The number of nitrogens with zero attached hydrogens (tertiary/aromatic N) is 2. The number of aromatic nitrogens is 1. The summed E-state index contributed by atoms with van der Waals surface area (Å²) in [4.78, 5) is 2.30. The van der Waals surface area contributed by atoms with Crippen LogP contribution < -0.4 is 33.4 Å². The van der Waals surface area contributed by atoms with Crippen molar-refractivity contribution in [2.45, 2.75) is 19.3 Å². The highest BCUT2D eigenvalue weighted by Gasteiger charge is 2.37. The molecule has 5 rings (SSSR count). The third kappa shape index (κ3) is 4.45. The molecule has 2 heterocycles. The van der Waals surface area contributed by atoms with Gasteiger partial charge in [0, 0.05) is 41.5 Å². The molecule has 0 atom stereocenters. The Morgan fingerprint density at radius 2 is 1.26 bits per heavy atom. The van der Waals surface area contributed by atoms with Crippen LogP contribution in [0.25, 0.3) is 27.9 Å². The molecular formula is C32H31IN2. The highest BCUT2D eigenvalue weighted by molar-refractivity contribution is 6.00. The minimum atomic E-state index is 0. The lowest BCUT2D eigenvalue weighted by molar-refractivity contribution is -0.617. The monoisotopic (exact) mass is 570 g/mol. The SMILES string of the molecule is CN1\C(=C/C=C/C=C/C=C/c2c3ccccc3[n+](C)c3ccccc23)C(C)(C)c2ccccc21.[I-]. The summed E-state index contributed by atoms with van der Waals surface area (Å²) in [5, 5.41) is 2.53. The second kappa shape index (κ2) is 10.2. The van der Waals surface area contributed by atoms with Gasteiger partial charge >= 0.3 is 0 Å². The Morgan fingerprint density at radius 1 is 0.714 bits per heavy atom. The predicted molar refractivity (Wildman–Crippen MR) is 146 cm³/mol. The van der Waals surface area contributed by atoms with Crippen LogP contribution in [-0.2, 0) is 12.5 Å². The van der Waals surface area contributed by atoms with Crippen molar-refractivity contribution in [3.05, 3.63) is 126 Å². The largest absolute Gasteiger partial charge is 1.00 e. The molecule has 176 valence electrons. The van der Waals surface area contributed by atoms with E-state index in [0.29, 0.717) is 0 Å². The maximum Gasteiger partial charge on any atom is 0.213 e. The van der Waals surface area contributed by atoms with E-state index < -0.39 is 0 Å².